The van der Waals surface area contributed by atoms with Crippen molar-refractivity contribution in [3.05, 3.63) is 62.7 Å². The van der Waals surface area contributed by atoms with Crippen LogP contribution in [0, 0.1) is 24.0 Å². The normalized spacial score (nSPS) is 11.7. The molecule has 6 nitrogen and oxygen atoms in total. The Bertz CT molecular complexity index is 769. The van der Waals surface area contributed by atoms with Gasteiger partial charge in [-0.25, -0.2) is 0 Å². The van der Waals surface area contributed by atoms with Crippen molar-refractivity contribution < 1.29 is 14.5 Å². The van der Waals surface area contributed by atoms with E-state index in [0.717, 1.165) is 11.1 Å². The van der Waals surface area contributed by atoms with Crippen molar-refractivity contribution in [2.75, 3.05) is 5.32 Å². The fourth-order valence-corrected chi connectivity index (χ4v) is 2.28. The Balaban J connectivity index is 2.07. The quantitative estimate of drug-likeness (QED) is 0.646. The van der Waals surface area contributed by atoms with Gasteiger partial charge in [0.05, 0.1) is 4.92 Å². The van der Waals surface area contributed by atoms with Crippen LogP contribution in [0.5, 0.6) is 5.75 Å². The molecule has 1 unspecified atom stereocenters. The fourth-order valence-electron chi connectivity index (χ4n) is 2.17. The Morgan fingerprint density at radius 3 is 2.46 bits per heavy atom. The molecule has 2 aromatic carbocycles. The van der Waals surface area contributed by atoms with Gasteiger partial charge in [0.1, 0.15) is 5.75 Å². The van der Waals surface area contributed by atoms with E-state index in [-0.39, 0.29) is 5.69 Å². The minimum Gasteiger partial charge on any atom is -0.481 e. The number of nitro benzene ring substituents is 1. The number of hydrogen-bond donors (Lipinski definition) is 1. The van der Waals surface area contributed by atoms with E-state index in [1.807, 2.05) is 13.8 Å². The maximum Gasteiger partial charge on any atom is 0.271 e. The van der Waals surface area contributed by atoms with Gasteiger partial charge < -0.3 is 10.1 Å². The molecule has 1 amide bonds. The van der Waals surface area contributed by atoms with E-state index in [1.54, 1.807) is 25.1 Å². The molecule has 0 radical (unpaired) electrons. The average Bonchev–Trinajstić information content (AvgIpc) is 2.52. The smallest absolute Gasteiger partial charge is 0.271 e. The second-order valence-corrected chi connectivity index (χ2v) is 5.81. The lowest BCUT2D eigenvalue weighted by Gasteiger charge is -2.16. The van der Waals surface area contributed by atoms with Crippen LogP contribution in [0.15, 0.2) is 36.4 Å². The van der Waals surface area contributed by atoms with Crippen molar-refractivity contribution in [1.29, 1.82) is 0 Å². The van der Waals surface area contributed by atoms with Gasteiger partial charge in [-0.2, -0.15) is 0 Å². The summed E-state index contributed by atoms with van der Waals surface area (Å²) in [6.07, 6.45) is -0.774. The number of carbonyl (C=O) groups excluding carboxylic acids is 1. The summed E-state index contributed by atoms with van der Waals surface area (Å²) in [5.74, 6) is 0.136. The standard InChI is InChI=1S/C17H17ClN2O4/c1-10-7-15(8-11(2)16(10)18)24-12(3)17(21)19-13-5-4-6-14(9-13)20(22)23/h4-9,12H,1-3H3,(H,19,21). The zero-order valence-corrected chi connectivity index (χ0v) is 14.3. The first kappa shape index (κ1) is 17.7. The Morgan fingerprint density at radius 2 is 1.88 bits per heavy atom. The molecule has 24 heavy (non-hydrogen) atoms. The second-order valence-electron chi connectivity index (χ2n) is 5.43. The summed E-state index contributed by atoms with van der Waals surface area (Å²) in [7, 11) is 0. The van der Waals surface area contributed by atoms with Gasteiger partial charge in [0.25, 0.3) is 11.6 Å². The summed E-state index contributed by atoms with van der Waals surface area (Å²) in [5, 5.41) is 14.0. The van der Waals surface area contributed by atoms with E-state index in [4.69, 9.17) is 16.3 Å². The van der Waals surface area contributed by atoms with Crippen molar-refractivity contribution >= 4 is 28.9 Å². The zero-order valence-electron chi connectivity index (χ0n) is 13.5. The Kier molecular flexibility index (Phi) is 5.41. The highest BCUT2D eigenvalue weighted by Gasteiger charge is 2.17. The summed E-state index contributed by atoms with van der Waals surface area (Å²) < 4.78 is 5.64. The lowest BCUT2D eigenvalue weighted by Crippen LogP contribution is -2.30. The maximum absolute atomic E-state index is 12.2. The third-order valence-electron chi connectivity index (χ3n) is 3.42. The highest BCUT2D eigenvalue weighted by Crippen LogP contribution is 2.26. The number of hydrogen-bond acceptors (Lipinski definition) is 4. The van der Waals surface area contributed by atoms with Crippen LogP contribution < -0.4 is 10.1 Å². The van der Waals surface area contributed by atoms with Crippen molar-refractivity contribution in [3.63, 3.8) is 0 Å². The third-order valence-corrected chi connectivity index (χ3v) is 4.01. The summed E-state index contributed by atoms with van der Waals surface area (Å²) in [6.45, 7) is 5.32. The Hall–Kier alpha value is -2.60. The number of carbonyl (C=O) groups is 1. The minimum atomic E-state index is -0.774. The van der Waals surface area contributed by atoms with Gasteiger partial charge >= 0.3 is 0 Å². The van der Waals surface area contributed by atoms with Crippen molar-refractivity contribution in [1.82, 2.24) is 0 Å². The van der Waals surface area contributed by atoms with Crippen LogP contribution in [0.4, 0.5) is 11.4 Å². The molecular formula is C17H17ClN2O4. The molecule has 0 aliphatic rings. The molecule has 7 heteroatoms. The van der Waals surface area contributed by atoms with Gasteiger partial charge in [-0.3, -0.25) is 14.9 Å². The van der Waals surface area contributed by atoms with Gasteiger partial charge in [0.2, 0.25) is 0 Å². The fraction of sp³-hybridized carbons (Fsp3) is 0.235. The van der Waals surface area contributed by atoms with E-state index >= 15 is 0 Å². The van der Waals surface area contributed by atoms with E-state index in [0.29, 0.717) is 16.5 Å². The highest BCUT2D eigenvalue weighted by molar-refractivity contribution is 6.32. The first-order valence-corrected chi connectivity index (χ1v) is 7.64. The number of benzene rings is 2. The number of halogens is 1. The zero-order chi connectivity index (χ0) is 17.9. The molecule has 0 saturated heterocycles. The van der Waals surface area contributed by atoms with Gasteiger partial charge in [-0.05, 0) is 50.1 Å². The lowest BCUT2D eigenvalue weighted by molar-refractivity contribution is -0.384. The van der Waals surface area contributed by atoms with Gasteiger partial charge in [0, 0.05) is 22.8 Å². The predicted octanol–water partition coefficient (Wildman–Crippen LogP) is 4.27. The number of amides is 1. The summed E-state index contributed by atoms with van der Waals surface area (Å²) >= 11 is 6.11. The van der Waals surface area contributed by atoms with Crippen molar-refractivity contribution in [3.8, 4) is 5.75 Å². The first-order valence-electron chi connectivity index (χ1n) is 7.26. The predicted molar refractivity (Wildman–Crippen MR) is 92.7 cm³/mol. The average molecular weight is 349 g/mol. The summed E-state index contributed by atoms with van der Waals surface area (Å²) in [6, 6.07) is 9.24. The molecule has 0 spiro atoms. The molecule has 0 bridgehead atoms. The van der Waals surface area contributed by atoms with Crippen LogP contribution in [0.2, 0.25) is 5.02 Å². The number of nitro groups is 1. The van der Waals surface area contributed by atoms with Crippen LogP contribution in [0.25, 0.3) is 0 Å². The number of aryl methyl sites for hydroxylation is 2. The highest BCUT2D eigenvalue weighted by atomic mass is 35.5. The lowest BCUT2D eigenvalue weighted by atomic mass is 10.1. The van der Waals surface area contributed by atoms with Crippen LogP contribution in [-0.2, 0) is 4.79 Å². The van der Waals surface area contributed by atoms with E-state index in [2.05, 4.69) is 5.32 Å². The molecule has 0 aliphatic heterocycles. The van der Waals surface area contributed by atoms with Gasteiger partial charge in [-0.15, -0.1) is 0 Å². The molecule has 0 aliphatic carbocycles. The second kappa shape index (κ2) is 7.31. The Morgan fingerprint density at radius 1 is 1.25 bits per heavy atom. The van der Waals surface area contributed by atoms with E-state index in [1.165, 1.54) is 18.2 Å². The number of nitrogens with zero attached hydrogens (tertiary/aromatic N) is 1. The molecule has 1 N–H and O–H groups in total. The largest absolute Gasteiger partial charge is 0.481 e. The summed E-state index contributed by atoms with van der Waals surface area (Å²) in [4.78, 5) is 22.4. The molecule has 2 rings (SSSR count). The molecule has 0 fully saturated rings. The van der Waals surface area contributed by atoms with Crippen LogP contribution in [-0.4, -0.2) is 16.9 Å². The summed E-state index contributed by atoms with van der Waals surface area (Å²) in [5.41, 5.74) is 1.97. The monoisotopic (exact) mass is 348 g/mol. The molecule has 0 aromatic heterocycles. The number of nitrogens with one attached hydrogen (secondary N) is 1. The molecule has 2 aromatic rings. The Labute approximate surface area is 144 Å². The molecular weight excluding hydrogens is 332 g/mol. The molecule has 0 saturated carbocycles. The molecule has 1 atom stereocenters. The number of rotatable bonds is 5. The third kappa shape index (κ3) is 4.23. The minimum absolute atomic E-state index is 0.0923. The number of non-ortho nitro benzene ring substituents is 1. The number of ether oxygens (including phenoxy) is 1. The molecule has 0 heterocycles. The van der Waals surface area contributed by atoms with Crippen LogP contribution >= 0.6 is 11.6 Å². The van der Waals surface area contributed by atoms with Gasteiger partial charge in [0.15, 0.2) is 6.10 Å². The van der Waals surface area contributed by atoms with Crippen molar-refractivity contribution in [2.45, 2.75) is 26.9 Å². The first-order chi connectivity index (χ1) is 11.3. The topological polar surface area (TPSA) is 81.5 Å². The van der Waals surface area contributed by atoms with Crippen molar-refractivity contribution in [2.24, 2.45) is 0 Å². The number of anilines is 1. The molecule has 126 valence electrons. The van der Waals surface area contributed by atoms with Crippen LogP contribution in [0.3, 0.4) is 0 Å². The van der Waals surface area contributed by atoms with E-state index < -0.39 is 16.9 Å². The van der Waals surface area contributed by atoms with Gasteiger partial charge in [-0.1, -0.05) is 17.7 Å². The SMILES string of the molecule is Cc1cc(OC(C)C(=O)Nc2cccc([N+](=O)[O-])c2)cc(C)c1Cl. The van der Waals surface area contributed by atoms with E-state index in [9.17, 15) is 14.9 Å². The van der Waals surface area contributed by atoms with Crippen LogP contribution in [0.1, 0.15) is 18.1 Å². The maximum atomic E-state index is 12.2.